The Balaban J connectivity index is 1.53. The lowest BCUT2D eigenvalue weighted by Gasteiger charge is -2.59. The van der Waals surface area contributed by atoms with E-state index in [0.29, 0.717) is 60.2 Å². The van der Waals surface area contributed by atoms with E-state index >= 15 is 0 Å². The molecule has 11 nitrogen and oxygen atoms in total. The van der Waals surface area contributed by atoms with Crippen LogP contribution in [0.15, 0.2) is 65.9 Å². The Morgan fingerprint density at radius 3 is 2.41 bits per heavy atom. The number of nitrogens with zero attached hydrogens (tertiary/aromatic N) is 2. The molecule has 2 aromatic rings. The minimum atomic E-state index is -1.31. The van der Waals surface area contributed by atoms with Crippen LogP contribution in [0.2, 0.25) is 0 Å². The second-order valence-corrected chi connectivity index (χ2v) is 17.8. The van der Waals surface area contributed by atoms with Gasteiger partial charge in [0.05, 0.1) is 30.9 Å². The molecule has 2 saturated carbocycles. The summed E-state index contributed by atoms with van der Waals surface area (Å²) in [6.07, 6.45) is 16.0. The molecule has 11 heteroatoms. The van der Waals surface area contributed by atoms with Crippen molar-refractivity contribution in [2.75, 3.05) is 34.0 Å². The van der Waals surface area contributed by atoms with Crippen molar-refractivity contribution >= 4 is 17.9 Å². The van der Waals surface area contributed by atoms with Crippen molar-refractivity contribution < 1.29 is 43.6 Å². The topological polar surface area (TPSA) is 136 Å². The van der Waals surface area contributed by atoms with Crippen molar-refractivity contribution in [1.82, 2.24) is 4.90 Å². The number of fused-ring (bicyclic) bond motifs is 2. The van der Waals surface area contributed by atoms with Crippen LogP contribution in [-0.2, 0) is 14.4 Å². The summed E-state index contributed by atoms with van der Waals surface area (Å²) in [5, 5.41) is 24.7. The summed E-state index contributed by atoms with van der Waals surface area (Å²) < 4.78 is 26.2. The normalized spacial score (nSPS) is 25.6. The molecule has 2 fully saturated rings. The molecule has 2 N–H and O–H groups in total. The Morgan fingerprint density at radius 1 is 1.02 bits per heavy atom. The number of ether oxygens (including phenoxy) is 4. The molecule has 0 saturated heterocycles. The third kappa shape index (κ3) is 10.1. The molecule has 3 aliphatic carbocycles. The van der Waals surface area contributed by atoms with Gasteiger partial charge < -0.3 is 38.9 Å². The summed E-state index contributed by atoms with van der Waals surface area (Å²) in [5.41, 5.74) is 2.53. The first kappa shape index (κ1) is 44.4. The molecular formula is C48H66N2O9. The van der Waals surface area contributed by atoms with Gasteiger partial charge in [0.2, 0.25) is 11.7 Å². The van der Waals surface area contributed by atoms with E-state index in [0.717, 1.165) is 55.2 Å². The number of aliphatic hydroxyl groups excluding tert-OH is 2. The van der Waals surface area contributed by atoms with Crippen molar-refractivity contribution in [3.63, 3.8) is 0 Å². The van der Waals surface area contributed by atoms with Crippen molar-refractivity contribution in [1.29, 1.82) is 0 Å². The number of likely N-dealkylation sites (N-methyl/N-ethyl adjacent to an activating group) is 1. The third-order valence-corrected chi connectivity index (χ3v) is 12.7. The molecule has 6 atom stereocenters. The van der Waals surface area contributed by atoms with E-state index in [2.05, 4.69) is 12.7 Å². The molecule has 0 aromatic heterocycles. The molecule has 2 aromatic carbocycles. The summed E-state index contributed by atoms with van der Waals surface area (Å²) in [6, 6.07) is 10.4. The summed E-state index contributed by atoms with van der Waals surface area (Å²) in [7, 11) is 3.40. The number of methoxy groups -OCH3 is 1. The maximum Gasteiger partial charge on any atom is 0.239 e. The minimum Gasteiger partial charge on any atom is -0.496 e. The van der Waals surface area contributed by atoms with Gasteiger partial charge in [-0.15, -0.1) is 6.58 Å². The number of aldehydes is 1. The van der Waals surface area contributed by atoms with Gasteiger partial charge in [-0.3, -0.25) is 9.59 Å². The van der Waals surface area contributed by atoms with Crippen LogP contribution in [0.4, 0.5) is 0 Å². The maximum absolute atomic E-state index is 14.4. The Hall–Kier alpha value is -4.19. The highest BCUT2D eigenvalue weighted by atomic mass is 16.7. The van der Waals surface area contributed by atoms with Crippen LogP contribution in [-0.4, -0.2) is 84.4 Å². The summed E-state index contributed by atoms with van der Waals surface area (Å²) >= 11 is 0. The van der Waals surface area contributed by atoms with E-state index in [9.17, 15) is 19.8 Å². The Kier molecular flexibility index (Phi) is 15.0. The summed E-state index contributed by atoms with van der Waals surface area (Å²) in [6.45, 7) is 10.4. The SMILES string of the molecule is C=CCOC12Oc3ccc(Oc4ccc(OC)c(C=O)c4)cc3C3C(CCCCO)C(CCCCO)C=C(C(=NOC(C)(C)C)CC1N(C)C(=O)CCC1CCCC1)C32. The number of benzene rings is 2. The Bertz CT molecular complexity index is 1830. The first-order valence-corrected chi connectivity index (χ1v) is 21.8. The predicted molar refractivity (Wildman–Crippen MR) is 228 cm³/mol. The van der Waals surface area contributed by atoms with E-state index < -0.39 is 23.3 Å². The van der Waals surface area contributed by atoms with E-state index in [1.54, 1.807) is 24.3 Å². The number of hydrogen-bond acceptors (Lipinski definition) is 10. The number of amides is 1. The lowest BCUT2D eigenvalue weighted by molar-refractivity contribution is -0.255. The number of carbonyl (C=O) groups is 2. The standard InChI is InChI=1S/C48H66N2O9/c1-7-26-56-48-43(50(5)44(54)23-18-32-14-8-9-15-32)30-40(49-59-47(2,3)4)38-28-33(16-10-12-24-51)37(17-11-13-25-52)45(46(38)48)39-29-36(20-22-42(39)58-48)57-35-19-21-41(55-6)34(27-35)31-53/h7,19-22,27-29,31-33,37,43,45-46,51-52H,1,8-18,23-26,30H2,2-6H3. The summed E-state index contributed by atoms with van der Waals surface area (Å²) in [4.78, 5) is 34.3. The number of oxime groups is 1. The van der Waals surface area contributed by atoms with Gasteiger partial charge in [-0.2, -0.15) is 0 Å². The highest BCUT2D eigenvalue weighted by molar-refractivity contribution is 6.03. The Morgan fingerprint density at radius 2 is 1.73 bits per heavy atom. The smallest absolute Gasteiger partial charge is 0.239 e. The van der Waals surface area contributed by atoms with Gasteiger partial charge in [-0.05, 0) is 113 Å². The lowest BCUT2D eigenvalue weighted by atomic mass is 9.55. The second-order valence-electron chi connectivity index (χ2n) is 17.8. The molecule has 1 amide bonds. The molecule has 0 radical (unpaired) electrons. The van der Waals surface area contributed by atoms with E-state index in [4.69, 9.17) is 28.9 Å². The van der Waals surface area contributed by atoms with Gasteiger partial charge in [-0.1, -0.05) is 55.8 Å². The Labute approximate surface area is 350 Å². The fourth-order valence-electron chi connectivity index (χ4n) is 9.96. The van der Waals surface area contributed by atoms with Gasteiger partial charge in [0.25, 0.3) is 0 Å². The van der Waals surface area contributed by atoms with Crippen molar-refractivity contribution in [3.8, 4) is 23.0 Å². The first-order valence-electron chi connectivity index (χ1n) is 21.8. The molecule has 1 heterocycles. The van der Waals surface area contributed by atoms with E-state index in [-0.39, 0.29) is 43.5 Å². The highest BCUT2D eigenvalue weighted by Gasteiger charge is 2.65. The number of aliphatic hydroxyl groups is 2. The molecule has 322 valence electrons. The molecule has 0 spiro atoms. The quantitative estimate of drug-likeness (QED) is 0.0581. The van der Waals surface area contributed by atoms with E-state index in [1.165, 1.54) is 32.8 Å². The van der Waals surface area contributed by atoms with Crippen molar-refractivity contribution in [3.05, 3.63) is 71.8 Å². The first-order chi connectivity index (χ1) is 28.5. The molecular weight excluding hydrogens is 749 g/mol. The van der Waals surface area contributed by atoms with E-state index in [1.807, 2.05) is 50.9 Å². The van der Waals surface area contributed by atoms with Crippen LogP contribution in [0, 0.1) is 23.7 Å². The van der Waals surface area contributed by atoms with Gasteiger partial charge in [0.1, 0.15) is 34.6 Å². The molecule has 4 aliphatic rings. The monoisotopic (exact) mass is 814 g/mol. The number of unbranched alkanes of at least 4 members (excludes halogenated alkanes) is 2. The molecule has 6 rings (SSSR count). The molecule has 6 unspecified atom stereocenters. The fourth-order valence-corrected chi connectivity index (χ4v) is 9.96. The molecule has 0 bridgehead atoms. The number of carbonyl (C=O) groups excluding carboxylic acids is 2. The highest BCUT2D eigenvalue weighted by Crippen LogP contribution is 2.62. The summed E-state index contributed by atoms with van der Waals surface area (Å²) in [5.74, 6) is 1.07. The largest absolute Gasteiger partial charge is 0.496 e. The average molecular weight is 815 g/mol. The number of rotatable bonds is 20. The van der Waals surface area contributed by atoms with Gasteiger partial charge in [0.15, 0.2) is 6.29 Å². The molecule has 59 heavy (non-hydrogen) atoms. The average Bonchev–Trinajstić information content (AvgIpc) is 3.76. The van der Waals surface area contributed by atoms with Crippen LogP contribution < -0.4 is 14.2 Å². The zero-order chi connectivity index (χ0) is 42.2. The van der Waals surface area contributed by atoms with Gasteiger partial charge in [-0.25, -0.2) is 0 Å². The predicted octanol–water partition coefficient (Wildman–Crippen LogP) is 9.16. The van der Waals surface area contributed by atoms with Crippen LogP contribution in [0.5, 0.6) is 23.0 Å². The second kappa shape index (κ2) is 19.9. The third-order valence-electron chi connectivity index (χ3n) is 12.7. The van der Waals surface area contributed by atoms with Gasteiger partial charge >= 0.3 is 0 Å². The van der Waals surface area contributed by atoms with Gasteiger partial charge in [0, 0.05) is 44.6 Å². The van der Waals surface area contributed by atoms with Crippen LogP contribution in [0.3, 0.4) is 0 Å². The van der Waals surface area contributed by atoms with Crippen molar-refractivity contribution in [2.24, 2.45) is 28.8 Å². The van der Waals surface area contributed by atoms with Crippen LogP contribution in [0.25, 0.3) is 0 Å². The maximum atomic E-state index is 14.4. The fraction of sp³-hybridized carbons (Fsp3) is 0.604. The zero-order valence-corrected chi connectivity index (χ0v) is 35.8. The minimum absolute atomic E-state index is 0.0491. The van der Waals surface area contributed by atoms with Crippen LogP contribution >= 0.6 is 0 Å². The lowest BCUT2D eigenvalue weighted by Crippen LogP contribution is -2.69. The molecule has 1 aliphatic heterocycles. The zero-order valence-electron chi connectivity index (χ0n) is 35.8. The van der Waals surface area contributed by atoms with Crippen LogP contribution in [0.1, 0.15) is 126 Å². The number of allylic oxidation sites excluding steroid dienone is 1. The number of hydrogen-bond donors (Lipinski definition) is 2. The van der Waals surface area contributed by atoms with Crippen molar-refractivity contribution in [2.45, 2.75) is 128 Å².